The summed E-state index contributed by atoms with van der Waals surface area (Å²) in [5, 5.41) is 1.73. The number of pyridine rings is 1. The van der Waals surface area contributed by atoms with Crippen LogP contribution in [0.15, 0.2) is 54.7 Å². The number of carbonyl (C=O) groups excluding carboxylic acids is 1. The van der Waals surface area contributed by atoms with Crippen LogP contribution in [0.4, 0.5) is 5.69 Å². The van der Waals surface area contributed by atoms with Crippen LogP contribution in [-0.4, -0.2) is 41.9 Å². The lowest BCUT2D eigenvalue weighted by atomic mass is 10.1. The van der Waals surface area contributed by atoms with Crippen LogP contribution in [0, 0.1) is 0 Å². The predicted octanol–water partition coefficient (Wildman–Crippen LogP) is 4.50. The Bertz CT molecular complexity index is 1100. The molecule has 1 aromatic heterocycles. The van der Waals surface area contributed by atoms with Crippen LogP contribution in [0.5, 0.6) is 0 Å². The van der Waals surface area contributed by atoms with Crippen LogP contribution >= 0.6 is 23.2 Å². The number of hydrogen-bond donors (Lipinski definition) is 0. The Balaban J connectivity index is 1.68. The Hall–Kier alpha value is -2.30. The molecule has 0 N–H and O–H groups in total. The maximum Gasteiger partial charge on any atom is 0.254 e. The molecule has 0 saturated carbocycles. The molecule has 1 aliphatic rings. The van der Waals surface area contributed by atoms with Gasteiger partial charge in [0.2, 0.25) is 0 Å². The number of anilines is 1. The number of fused-ring (bicyclic) bond motifs is 1. The van der Waals surface area contributed by atoms with E-state index in [0.29, 0.717) is 33.4 Å². The van der Waals surface area contributed by atoms with E-state index in [1.807, 2.05) is 6.07 Å². The summed E-state index contributed by atoms with van der Waals surface area (Å²) in [5.41, 5.74) is 1.65. The summed E-state index contributed by atoms with van der Waals surface area (Å²) in [5.74, 6) is -0.485. The van der Waals surface area contributed by atoms with Gasteiger partial charge >= 0.3 is 0 Å². The summed E-state index contributed by atoms with van der Waals surface area (Å²) in [7, 11) is 0. The van der Waals surface area contributed by atoms with Crippen LogP contribution in [0.25, 0.3) is 10.9 Å². The van der Waals surface area contributed by atoms with Crippen molar-refractivity contribution in [2.45, 2.75) is 0 Å². The third kappa shape index (κ3) is 3.35. The first-order valence-electron chi connectivity index (χ1n) is 9.67. The lowest BCUT2D eigenvalue weighted by molar-refractivity contribution is 0.0747. The van der Waals surface area contributed by atoms with Gasteiger partial charge in [0.25, 0.3) is 5.91 Å². The fourth-order valence-corrected chi connectivity index (χ4v) is 3.32. The minimum atomic E-state index is -2.21. The van der Waals surface area contributed by atoms with Gasteiger partial charge in [-0.3, -0.25) is 9.78 Å². The third-order valence-electron chi connectivity index (χ3n) is 4.24. The minimum Gasteiger partial charge on any atom is -0.367 e. The van der Waals surface area contributed by atoms with E-state index in [1.165, 1.54) is 6.07 Å². The molecule has 6 heteroatoms. The summed E-state index contributed by atoms with van der Waals surface area (Å²) in [4.78, 5) is 20.0. The van der Waals surface area contributed by atoms with Gasteiger partial charge in [-0.15, -0.1) is 0 Å². The van der Waals surface area contributed by atoms with Crippen molar-refractivity contribution >= 4 is 45.7 Å². The topological polar surface area (TPSA) is 36.4 Å². The highest BCUT2D eigenvalue weighted by Crippen LogP contribution is 2.28. The van der Waals surface area contributed by atoms with E-state index >= 15 is 0 Å². The molecule has 4 rings (SSSR count). The fourth-order valence-electron chi connectivity index (χ4n) is 2.96. The summed E-state index contributed by atoms with van der Waals surface area (Å²) in [6, 6.07) is 13.4. The zero-order valence-electron chi connectivity index (χ0n) is 16.7. The van der Waals surface area contributed by atoms with E-state index in [-0.39, 0.29) is 6.54 Å². The van der Waals surface area contributed by atoms with Crippen molar-refractivity contribution < 1.29 is 8.91 Å². The van der Waals surface area contributed by atoms with Crippen LogP contribution in [0.3, 0.4) is 0 Å². The van der Waals surface area contributed by atoms with Crippen molar-refractivity contribution in [3.05, 3.63) is 70.3 Å². The summed E-state index contributed by atoms with van der Waals surface area (Å²) >= 11 is 12.0. The number of amides is 1. The second-order valence-corrected chi connectivity index (χ2v) is 6.78. The van der Waals surface area contributed by atoms with Crippen LogP contribution in [0.2, 0.25) is 10.0 Å². The number of hydrogen-bond acceptors (Lipinski definition) is 3. The number of carbonyl (C=O) groups is 1. The average molecular weight is 389 g/mol. The average Bonchev–Trinajstić information content (AvgIpc) is 2.69. The number of rotatable bonds is 2. The Labute approximate surface area is 166 Å². The van der Waals surface area contributed by atoms with Crippen molar-refractivity contribution in [3.63, 3.8) is 0 Å². The molecule has 2 aromatic carbocycles. The largest absolute Gasteiger partial charge is 0.367 e. The molecule has 0 bridgehead atoms. The molecule has 1 unspecified atom stereocenters. The van der Waals surface area contributed by atoms with Gasteiger partial charge in [-0.1, -0.05) is 29.3 Å². The fraction of sp³-hybridized carbons (Fsp3) is 0.200. The van der Waals surface area contributed by atoms with E-state index in [1.54, 1.807) is 47.5 Å². The van der Waals surface area contributed by atoms with Crippen LogP contribution < -0.4 is 4.90 Å². The van der Waals surface area contributed by atoms with Gasteiger partial charge in [-0.2, -0.15) is 0 Å². The zero-order valence-corrected chi connectivity index (χ0v) is 15.2. The van der Waals surface area contributed by atoms with Gasteiger partial charge < -0.3 is 9.80 Å². The molecule has 0 spiro atoms. The lowest BCUT2D eigenvalue weighted by Gasteiger charge is -2.36. The number of piperazine rings is 1. The molecule has 1 amide bonds. The lowest BCUT2D eigenvalue weighted by Crippen LogP contribution is -2.48. The number of nitrogens with zero attached hydrogens (tertiary/aromatic N) is 3. The molecule has 4 nitrogen and oxygen atoms in total. The molecule has 0 radical (unpaired) electrons. The second-order valence-electron chi connectivity index (χ2n) is 5.91. The Kier molecular flexibility index (Phi) is 3.80. The number of halogens is 2. The second kappa shape index (κ2) is 7.14. The van der Waals surface area contributed by atoms with Gasteiger partial charge in [0.15, 0.2) is 0 Å². The molecule has 0 aliphatic carbocycles. The van der Waals surface area contributed by atoms with E-state index < -0.39 is 18.9 Å². The monoisotopic (exact) mass is 388 g/mol. The van der Waals surface area contributed by atoms with Gasteiger partial charge in [-0.25, -0.2) is 0 Å². The number of benzene rings is 2. The molecule has 1 saturated heterocycles. The van der Waals surface area contributed by atoms with Gasteiger partial charge in [0.1, 0.15) is 0 Å². The molecule has 26 heavy (non-hydrogen) atoms. The summed E-state index contributed by atoms with van der Waals surface area (Å²) in [6.07, 6.45) is 1.61. The van der Waals surface area contributed by atoms with E-state index in [2.05, 4.69) is 4.98 Å². The quantitative estimate of drug-likeness (QED) is 0.648. The highest BCUT2D eigenvalue weighted by molar-refractivity contribution is 6.31. The third-order valence-corrected chi connectivity index (χ3v) is 4.71. The van der Waals surface area contributed by atoms with Crippen molar-refractivity contribution in [3.8, 4) is 0 Å². The predicted molar refractivity (Wildman–Crippen MR) is 106 cm³/mol. The van der Waals surface area contributed by atoms with E-state index in [4.69, 9.17) is 27.3 Å². The Morgan fingerprint density at radius 1 is 1.08 bits per heavy atom. The van der Waals surface area contributed by atoms with Gasteiger partial charge in [-0.05, 0) is 42.5 Å². The summed E-state index contributed by atoms with van der Waals surface area (Å²) < 4.78 is 25.6. The molecule has 1 aliphatic heterocycles. The zero-order chi connectivity index (χ0) is 20.8. The van der Waals surface area contributed by atoms with Crippen molar-refractivity contribution in [2.24, 2.45) is 0 Å². The Morgan fingerprint density at radius 3 is 2.77 bits per heavy atom. The van der Waals surface area contributed by atoms with E-state index in [9.17, 15) is 4.79 Å². The summed E-state index contributed by atoms with van der Waals surface area (Å²) in [6.45, 7) is -3.09. The standard InChI is InChI=1S/C20H17Cl2N3O/c21-15-3-1-2-14(12-15)20(26)25-10-8-24(9-11-25)19-6-7-23-18-13-16(22)4-5-17(18)19/h1-7,12-13H,8-11H2/i8D,10D2. The first-order valence-corrected chi connectivity index (χ1v) is 8.85. The molecule has 2 heterocycles. The molecule has 132 valence electrons. The van der Waals surface area contributed by atoms with Crippen LogP contribution in [0.1, 0.15) is 14.5 Å². The van der Waals surface area contributed by atoms with Crippen molar-refractivity contribution in [1.82, 2.24) is 9.88 Å². The normalized spacial score (nSPS) is 21.2. The molecule has 3 aromatic rings. The maximum absolute atomic E-state index is 12.9. The Morgan fingerprint density at radius 2 is 1.92 bits per heavy atom. The molecular weight excluding hydrogens is 369 g/mol. The van der Waals surface area contributed by atoms with Gasteiger partial charge in [0.05, 0.1) is 9.63 Å². The molecule has 1 fully saturated rings. The van der Waals surface area contributed by atoms with E-state index in [0.717, 1.165) is 10.3 Å². The molecule has 1 atom stereocenters. The SMILES string of the molecule is [2H]C1N(c2ccnc3cc(Cl)ccc23)CCN(C(=O)c2cccc(Cl)c2)C1([2H])[2H]. The van der Waals surface area contributed by atoms with Gasteiger partial charge in [0, 0.05) is 59.0 Å². The van der Waals surface area contributed by atoms with Crippen LogP contribution in [-0.2, 0) is 0 Å². The smallest absolute Gasteiger partial charge is 0.254 e. The highest BCUT2D eigenvalue weighted by Gasteiger charge is 2.23. The minimum absolute atomic E-state index is 0.130. The first-order chi connectivity index (χ1) is 13.8. The first kappa shape index (κ1) is 13.8. The number of aromatic nitrogens is 1. The van der Waals surface area contributed by atoms with Crippen molar-refractivity contribution in [2.75, 3.05) is 31.0 Å². The maximum atomic E-state index is 12.9. The molecular formula is C20H17Cl2N3O. The van der Waals surface area contributed by atoms with Crippen molar-refractivity contribution in [1.29, 1.82) is 0 Å². The highest BCUT2D eigenvalue weighted by atomic mass is 35.5.